The standard InChI is InChI=1S/C11H18N2OS/c1-7-11(15-8(2)13-7)10(12-3)9-4-5-14-6-9/h9-10,12H,4-6H2,1-3H3. The van der Waals surface area contributed by atoms with Gasteiger partial charge in [0, 0.05) is 23.4 Å². The Bertz CT molecular complexity index is 331. The van der Waals surface area contributed by atoms with Crippen molar-refractivity contribution in [1.82, 2.24) is 10.3 Å². The molecule has 1 aromatic rings. The van der Waals surface area contributed by atoms with Crippen LogP contribution in [0.25, 0.3) is 0 Å². The van der Waals surface area contributed by atoms with Gasteiger partial charge in [0.15, 0.2) is 0 Å². The lowest BCUT2D eigenvalue weighted by Crippen LogP contribution is -2.25. The summed E-state index contributed by atoms with van der Waals surface area (Å²) < 4.78 is 5.45. The van der Waals surface area contributed by atoms with Crippen molar-refractivity contribution < 1.29 is 4.74 Å². The Morgan fingerprint density at radius 1 is 1.53 bits per heavy atom. The van der Waals surface area contributed by atoms with Gasteiger partial charge in [0.05, 0.1) is 17.3 Å². The maximum atomic E-state index is 5.45. The molecule has 1 N–H and O–H groups in total. The van der Waals surface area contributed by atoms with Crippen LogP contribution in [0.15, 0.2) is 0 Å². The minimum absolute atomic E-state index is 0.415. The number of thiazole rings is 1. The SMILES string of the molecule is CNC(c1sc(C)nc1C)C1CCOC1. The number of hydrogen-bond donors (Lipinski definition) is 1. The number of aryl methyl sites for hydroxylation is 2. The number of nitrogens with zero attached hydrogens (tertiary/aromatic N) is 1. The van der Waals surface area contributed by atoms with Crippen molar-refractivity contribution >= 4 is 11.3 Å². The molecule has 1 aromatic heterocycles. The molecule has 0 radical (unpaired) electrons. The minimum Gasteiger partial charge on any atom is -0.381 e. The Labute approximate surface area is 94.9 Å². The van der Waals surface area contributed by atoms with Crippen molar-refractivity contribution in [2.75, 3.05) is 20.3 Å². The number of aromatic nitrogens is 1. The molecule has 3 nitrogen and oxygen atoms in total. The first-order chi connectivity index (χ1) is 7.22. The normalized spacial score (nSPS) is 23.3. The van der Waals surface area contributed by atoms with E-state index in [-0.39, 0.29) is 0 Å². The molecular formula is C11H18N2OS. The molecule has 0 amide bonds. The summed E-state index contributed by atoms with van der Waals surface area (Å²) >= 11 is 1.80. The van der Waals surface area contributed by atoms with E-state index in [1.807, 2.05) is 7.05 Å². The van der Waals surface area contributed by atoms with Crippen molar-refractivity contribution in [2.24, 2.45) is 5.92 Å². The summed E-state index contributed by atoms with van der Waals surface area (Å²) in [4.78, 5) is 5.87. The average molecular weight is 226 g/mol. The fourth-order valence-corrected chi connectivity index (χ4v) is 3.36. The molecule has 84 valence electrons. The van der Waals surface area contributed by atoms with Crippen LogP contribution in [0.5, 0.6) is 0 Å². The molecule has 4 heteroatoms. The molecular weight excluding hydrogens is 208 g/mol. The smallest absolute Gasteiger partial charge is 0.0900 e. The molecule has 0 aromatic carbocycles. The van der Waals surface area contributed by atoms with E-state index < -0.39 is 0 Å². The van der Waals surface area contributed by atoms with E-state index in [9.17, 15) is 0 Å². The third-order valence-electron chi connectivity index (χ3n) is 2.97. The summed E-state index contributed by atoms with van der Waals surface area (Å²) in [5, 5.41) is 4.56. The van der Waals surface area contributed by atoms with Gasteiger partial charge in [-0.25, -0.2) is 4.98 Å². The molecule has 2 unspecified atom stereocenters. The van der Waals surface area contributed by atoms with E-state index in [2.05, 4.69) is 24.1 Å². The highest BCUT2D eigenvalue weighted by Gasteiger charge is 2.28. The van der Waals surface area contributed by atoms with Crippen LogP contribution >= 0.6 is 11.3 Å². The van der Waals surface area contributed by atoms with E-state index in [4.69, 9.17) is 4.74 Å². The van der Waals surface area contributed by atoms with Gasteiger partial charge in [-0.3, -0.25) is 0 Å². The van der Waals surface area contributed by atoms with Crippen molar-refractivity contribution in [1.29, 1.82) is 0 Å². The highest BCUT2D eigenvalue weighted by Crippen LogP contribution is 2.33. The Hall–Kier alpha value is -0.450. The summed E-state index contributed by atoms with van der Waals surface area (Å²) in [6.45, 7) is 5.94. The first-order valence-corrected chi connectivity index (χ1v) is 6.23. The van der Waals surface area contributed by atoms with Gasteiger partial charge in [-0.1, -0.05) is 0 Å². The second kappa shape index (κ2) is 4.60. The van der Waals surface area contributed by atoms with Gasteiger partial charge in [-0.05, 0) is 27.3 Å². The number of rotatable bonds is 3. The quantitative estimate of drug-likeness (QED) is 0.856. The summed E-state index contributed by atoms with van der Waals surface area (Å²) in [6, 6.07) is 0.415. The van der Waals surface area contributed by atoms with Gasteiger partial charge in [-0.2, -0.15) is 0 Å². The van der Waals surface area contributed by atoms with Crippen LogP contribution < -0.4 is 5.32 Å². The molecule has 0 spiro atoms. The molecule has 1 fully saturated rings. The first-order valence-electron chi connectivity index (χ1n) is 5.41. The van der Waals surface area contributed by atoms with E-state index in [1.165, 1.54) is 10.6 Å². The summed E-state index contributed by atoms with van der Waals surface area (Å²) in [6.07, 6.45) is 1.15. The number of hydrogen-bond acceptors (Lipinski definition) is 4. The lowest BCUT2D eigenvalue weighted by Gasteiger charge is -2.20. The van der Waals surface area contributed by atoms with Crippen molar-refractivity contribution in [3.05, 3.63) is 15.6 Å². The van der Waals surface area contributed by atoms with Gasteiger partial charge in [0.25, 0.3) is 0 Å². The fourth-order valence-electron chi connectivity index (χ4n) is 2.23. The monoisotopic (exact) mass is 226 g/mol. The van der Waals surface area contributed by atoms with Crippen LogP contribution in [-0.2, 0) is 4.74 Å². The van der Waals surface area contributed by atoms with Gasteiger partial charge in [0.2, 0.25) is 0 Å². The van der Waals surface area contributed by atoms with Crippen LogP contribution in [0.3, 0.4) is 0 Å². The van der Waals surface area contributed by atoms with Crippen molar-refractivity contribution in [3.8, 4) is 0 Å². The highest BCUT2D eigenvalue weighted by atomic mass is 32.1. The highest BCUT2D eigenvalue weighted by molar-refractivity contribution is 7.11. The fraction of sp³-hybridized carbons (Fsp3) is 0.727. The van der Waals surface area contributed by atoms with Crippen LogP contribution in [0, 0.1) is 19.8 Å². The minimum atomic E-state index is 0.415. The average Bonchev–Trinajstić information content (AvgIpc) is 2.79. The van der Waals surface area contributed by atoms with Crippen LogP contribution in [-0.4, -0.2) is 25.2 Å². The third-order valence-corrected chi connectivity index (χ3v) is 4.13. The first kappa shape index (κ1) is 11.0. The molecule has 2 heterocycles. The second-order valence-electron chi connectivity index (χ2n) is 4.07. The van der Waals surface area contributed by atoms with Crippen molar-refractivity contribution in [3.63, 3.8) is 0 Å². The maximum Gasteiger partial charge on any atom is 0.0900 e. The Morgan fingerprint density at radius 3 is 2.80 bits per heavy atom. The summed E-state index contributed by atoms with van der Waals surface area (Å²) in [5.41, 5.74) is 1.17. The van der Waals surface area contributed by atoms with Gasteiger partial charge in [0.1, 0.15) is 0 Å². The topological polar surface area (TPSA) is 34.2 Å². The molecule has 1 aliphatic heterocycles. The molecule has 0 aliphatic carbocycles. The lowest BCUT2D eigenvalue weighted by atomic mass is 9.97. The zero-order valence-electron chi connectivity index (χ0n) is 9.54. The third kappa shape index (κ3) is 2.22. The molecule has 15 heavy (non-hydrogen) atoms. The predicted octanol–water partition coefficient (Wildman–Crippen LogP) is 2.06. The van der Waals surface area contributed by atoms with E-state index in [0.29, 0.717) is 12.0 Å². The molecule has 1 saturated heterocycles. The van der Waals surface area contributed by atoms with E-state index in [0.717, 1.165) is 24.6 Å². The Morgan fingerprint density at radius 2 is 2.33 bits per heavy atom. The number of ether oxygens (including phenoxy) is 1. The van der Waals surface area contributed by atoms with Gasteiger partial charge < -0.3 is 10.1 Å². The van der Waals surface area contributed by atoms with Gasteiger partial charge in [-0.15, -0.1) is 11.3 Å². The molecule has 2 atom stereocenters. The van der Waals surface area contributed by atoms with E-state index in [1.54, 1.807) is 11.3 Å². The molecule has 1 aliphatic rings. The lowest BCUT2D eigenvalue weighted by molar-refractivity contribution is 0.178. The molecule has 0 saturated carbocycles. The Balaban J connectivity index is 2.21. The van der Waals surface area contributed by atoms with Crippen LogP contribution in [0.4, 0.5) is 0 Å². The predicted molar refractivity (Wildman–Crippen MR) is 62.3 cm³/mol. The van der Waals surface area contributed by atoms with Gasteiger partial charge >= 0.3 is 0 Å². The number of nitrogens with one attached hydrogen (secondary N) is 1. The van der Waals surface area contributed by atoms with Crippen molar-refractivity contribution in [2.45, 2.75) is 26.3 Å². The second-order valence-corrected chi connectivity index (χ2v) is 5.31. The Kier molecular flexibility index (Phi) is 3.38. The largest absolute Gasteiger partial charge is 0.381 e. The van der Waals surface area contributed by atoms with Crippen LogP contribution in [0.2, 0.25) is 0 Å². The summed E-state index contributed by atoms with van der Waals surface area (Å²) in [5.74, 6) is 0.605. The van der Waals surface area contributed by atoms with E-state index >= 15 is 0 Å². The maximum absolute atomic E-state index is 5.45. The van der Waals surface area contributed by atoms with Crippen LogP contribution in [0.1, 0.15) is 28.0 Å². The zero-order valence-corrected chi connectivity index (χ0v) is 10.4. The summed E-state index contributed by atoms with van der Waals surface area (Å²) in [7, 11) is 2.03. The molecule has 0 bridgehead atoms. The molecule has 2 rings (SSSR count). The zero-order chi connectivity index (χ0) is 10.8.